The summed E-state index contributed by atoms with van der Waals surface area (Å²) in [7, 11) is -3.50. The second-order valence-corrected chi connectivity index (χ2v) is 8.92. The molecular formula is C27H24BF9O3. The molecule has 0 aromatic heterocycles. The van der Waals surface area contributed by atoms with Crippen molar-refractivity contribution in [3.8, 4) is 0 Å². The standard InChI is InChI=1S/C27H24BF9O3/c1-16-10-4-7-13-19(16)25(35,22(29)30)38-28(39-26(36,23(31)32)20-14-8-5-11-17(20)2)40-27(37,24(33)34)21-15-9-6-12-18(21)3/h4-15,22-24H,1-3H3. The maximum Gasteiger partial charge on any atom is 0.647 e. The SMILES string of the molecule is Cc1ccccc1C(F)(OB(OC(F)(c1ccccc1C)C(F)F)OC(F)(c1ccccc1C)C(F)F)C(F)F. The van der Waals surface area contributed by atoms with Crippen LogP contribution in [0.5, 0.6) is 0 Å². The summed E-state index contributed by atoms with van der Waals surface area (Å²) >= 11 is 0. The fourth-order valence-corrected chi connectivity index (χ4v) is 4.06. The number of alkyl halides is 9. The van der Waals surface area contributed by atoms with E-state index < -0.39 is 60.9 Å². The van der Waals surface area contributed by atoms with Gasteiger partial charge in [0.2, 0.25) is 0 Å². The molecule has 3 atom stereocenters. The largest absolute Gasteiger partial charge is 0.647 e. The van der Waals surface area contributed by atoms with Gasteiger partial charge in [0.05, 0.1) is 0 Å². The van der Waals surface area contributed by atoms with Gasteiger partial charge in [0, 0.05) is 16.7 Å². The van der Waals surface area contributed by atoms with E-state index in [-0.39, 0.29) is 16.7 Å². The molecule has 3 unspecified atom stereocenters. The molecule has 216 valence electrons. The maximum atomic E-state index is 15.9. The molecule has 3 aromatic carbocycles. The Hall–Kier alpha value is -3.03. The van der Waals surface area contributed by atoms with Crippen LogP contribution in [0.2, 0.25) is 0 Å². The van der Waals surface area contributed by atoms with Crippen molar-refractivity contribution in [1.82, 2.24) is 0 Å². The zero-order chi connectivity index (χ0) is 29.9. The van der Waals surface area contributed by atoms with Gasteiger partial charge in [-0.05, 0) is 37.5 Å². The predicted molar refractivity (Wildman–Crippen MR) is 129 cm³/mol. The molecule has 0 amide bonds. The first-order chi connectivity index (χ1) is 18.7. The number of benzene rings is 3. The molecular weight excluding hydrogens is 554 g/mol. The van der Waals surface area contributed by atoms with Crippen molar-refractivity contribution < 1.29 is 53.5 Å². The fourth-order valence-electron chi connectivity index (χ4n) is 4.06. The van der Waals surface area contributed by atoms with Crippen molar-refractivity contribution >= 4 is 7.32 Å². The van der Waals surface area contributed by atoms with Crippen molar-refractivity contribution in [1.29, 1.82) is 0 Å². The summed E-state index contributed by atoms with van der Waals surface area (Å²) in [6, 6.07) is 13.4. The topological polar surface area (TPSA) is 27.7 Å². The van der Waals surface area contributed by atoms with Crippen LogP contribution in [0.25, 0.3) is 0 Å². The summed E-state index contributed by atoms with van der Waals surface area (Å²) in [5, 5.41) is 0. The molecule has 0 saturated carbocycles. The van der Waals surface area contributed by atoms with E-state index in [1.807, 2.05) is 0 Å². The summed E-state index contributed by atoms with van der Waals surface area (Å²) in [6.07, 6.45) is -12.4. The number of hydrogen-bond donors (Lipinski definition) is 0. The molecule has 0 bridgehead atoms. The van der Waals surface area contributed by atoms with Crippen LogP contribution in [0.15, 0.2) is 72.8 Å². The Kier molecular flexibility index (Phi) is 9.63. The van der Waals surface area contributed by atoms with E-state index in [0.29, 0.717) is 0 Å². The van der Waals surface area contributed by atoms with Crippen LogP contribution in [0, 0.1) is 20.8 Å². The Morgan fingerprint density at radius 3 is 0.900 bits per heavy atom. The van der Waals surface area contributed by atoms with Crippen LogP contribution in [-0.2, 0) is 31.5 Å². The Labute approximate surface area is 225 Å². The van der Waals surface area contributed by atoms with Gasteiger partial charge in [-0.15, -0.1) is 0 Å². The van der Waals surface area contributed by atoms with Gasteiger partial charge in [-0.3, -0.25) is 0 Å². The van der Waals surface area contributed by atoms with Crippen LogP contribution in [-0.4, -0.2) is 26.6 Å². The monoisotopic (exact) mass is 578 g/mol. The van der Waals surface area contributed by atoms with E-state index in [0.717, 1.165) is 36.4 Å². The molecule has 0 fully saturated rings. The molecule has 0 aliphatic rings. The van der Waals surface area contributed by atoms with Gasteiger partial charge >= 0.3 is 7.32 Å². The minimum Gasteiger partial charge on any atom is -0.345 e. The third-order valence-corrected chi connectivity index (χ3v) is 6.18. The van der Waals surface area contributed by atoms with Crippen LogP contribution < -0.4 is 0 Å². The highest BCUT2D eigenvalue weighted by Gasteiger charge is 2.59. The van der Waals surface area contributed by atoms with Crippen LogP contribution >= 0.6 is 0 Å². The zero-order valence-corrected chi connectivity index (χ0v) is 21.4. The molecule has 0 spiro atoms. The molecule has 0 radical (unpaired) electrons. The van der Waals surface area contributed by atoms with Gasteiger partial charge in [-0.25, -0.2) is 39.5 Å². The summed E-state index contributed by atoms with van der Waals surface area (Å²) < 4.78 is 147. The highest BCUT2D eigenvalue weighted by atomic mass is 19.3. The van der Waals surface area contributed by atoms with E-state index in [1.54, 1.807) is 0 Å². The average Bonchev–Trinajstić information content (AvgIpc) is 2.88. The normalized spacial score (nSPS) is 16.6. The molecule has 13 heteroatoms. The highest BCUT2D eigenvalue weighted by Crippen LogP contribution is 2.44. The van der Waals surface area contributed by atoms with Gasteiger partial charge in [0.25, 0.3) is 36.8 Å². The molecule has 40 heavy (non-hydrogen) atoms. The lowest BCUT2D eigenvalue weighted by Gasteiger charge is -2.36. The molecule has 0 aliphatic heterocycles. The van der Waals surface area contributed by atoms with Crippen LogP contribution in [0.3, 0.4) is 0 Å². The molecule has 3 nitrogen and oxygen atoms in total. The molecule has 0 N–H and O–H groups in total. The van der Waals surface area contributed by atoms with E-state index >= 15 is 13.2 Å². The second-order valence-electron chi connectivity index (χ2n) is 8.92. The molecule has 0 saturated heterocycles. The summed E-state index contributed by atoms with van der Waals surface area (Å²) in [5.41, 5.74) is -3.13. The van der Waals surface area contributed by atoms with Crippen molar-refractivity contribution in [2.24, 2.45) is 0 Å². The third kappa shape index (κ3) is 6.16. The van der Waals surface area contributed by atoms with Crippen molar-refractivity contribution in [3.05, 3.63) is 106 Å². The number of hydrogen-bond acceptors (Lipinski definition) is 3. The van der Waals surface area contributed by atoms with Crippen molar-refractivity contribution in [2.45, 2.75) is 57.6 Å². The van der Waals surface area contributed by atoms with E-state index in [2.05, 4.69) is 14.0 Å². The van der Waals surface area contributed by atoms with Crippen LogP contribution in [0.1, 0.15) is 33.4 Å². The average molecular weight is 578 g/mol. The lowest BCUT2D eigenvalue weighted by molar-refractivity contribution is -0.266. The zero-order valence-electron chi connectivity index (χ0n) is 21.4. The van der Waals surface area contributed by atoms with Gasteiger partial charge < -0.3 is 14.0 Å². The minimum atomic E-state index is -4.31. The number of aryl methyl sites for hydroxylation is 3. The Bertz CT molecular complexity index is 1140. The van der Waals surface area contributed by atoms with E-state index in [1.165, 1.54) is 57.2 Å². The smallest absolute Gasteiger partial charge is 0.345 e. The van der Waals surface area contributed by atoms with E-state index in [4.69, 9.17) is 0 Å². The maximum absolute atomic E-state index is 15.9. The molecule has 3 rings (SSSR count). The Morgan fingerprint density at radius 1 is 0.475 bits per heavy atom. The highest BCUT2D eigenvalue weighted by molar-refractivity contribution is 6.36. The predicted octanol–water partition coefficient (Wildman–Crippen LogP) is 8.21. The number of halogens is 9. The van der Waals surface area contributed by atoms with Gasteiger partial charge in [-0.2, -0.15) is 0 Å². The van der Waals surface area contributed by atoms with Crippen molar-refractivity contribution in [2.75, 3.05) is 0 Å². The number of rotatable bonds is 12. The van der Waals surface area contributed by atoms with Crippen molar-refractivity contribution in [3.63, 3.8) is 0 Å². The Morgan fingerprint density at radius 2 is 0.700 bits per heavy atom. The first-order valence-electron chi connectivity index (χ1n) is 11.8. The molecule has 3 aromatic rings. The summed E-state index contributed by atoms with van der Waals surface area (Å²) in [4.78, 5) is 0. The quantitative estimate of drug-likeness (QED) is 0.160. The van der Waals surface area contributed by atoms with Gasteiger partial charge in [0.1, 0.15) is 0 Å². The molecule has 0 heterocycles. The molecule has 0 aliphatic carbocycles. The third-order valence-electron chi connectivity index (χ3n) is 6.18. The lowest BCUT2D eigenvalue weighted by Crippen LogP contribution is -2.51. The van der Waals surface area contributed by atoms with E-state index in [9.17, 15) is 26.3 Å². The minimum absolute atomic E-state index is 0.150. The van der Waals surface area contributed by atoms with Crippen LogP contribution in [0.4, 0.5) is 39.5 Å². The fraction of sp³-hybridized carbons (Fsp3) is 0.333. The lowest BCUT2D eigenvalue weighted by atomic mass is 9.96. The Balaban J connectivity index is 2.20. The van der Waals surface area contributed by atoms with Gasteiger partial charge in [-0.1, -0.05) is 72.8 Å². The summed E-state index contributed by atoms with van der Waals surface area (Å²) in [5.74, 6) is -12.9. The first kappa shape index (κ1) is 31.5. The summed E-state index contributed by atoms with van der Waals surface area (Å²) in [6.45, 7) is 3.55. The van der Waals surface area contributed by atoms with Gasteiger partial charge in [0.15, 0.2) is 0 Å². The first-order valence-corrected chi connectivity index (χ1v) is 11.8. The second kappa shape index (κ2) is 12.2.